The van der Waals surface area contributed by atoms with Crippen molar-refractivity contribution in [3.8, 4) is 0 Å². The molecule has 2 rings (SSSR count). The standard InChI is InChI=1S/C13H18N2OS/c1-7-9(3)14-13(15-10(7)4)17-12-6-5-11(16)8(12)2/h8,12H,5-6H2,1-4H3. The Morgan fingerprint density at radius 2 is 1.76 bits per heavy atom. The van der Waals surface area contributed by atoms with Gasteiger partial charge in [-0.15, -0.1) is 0 Å². The lowest BCUT2D eigenvalue weighted by atomic mass is 10.1. The lowest BCUT2D eigenvalue weighted by Gasteiger charge is -2.13. The van der Waals surface area contributed by atoms with E-state index in [-0.39, 0.29) is 5.92 Å². The summed E-state index contributed by atoms with van der Waals surface area (Å²) >= 11 is 1.66. The molecule has 1 aliphatic carbocycles. The summed E-state index contributed by atoms with van der Waals surface area (Å²) in [5.74, 6) is 0.522. The molecular weight excluding hydrogens is 232 g/mol. The molecule has 0 N–H and O–H groups in total. The van der Waals surface area contributed by atoms with Crippen LogP contribution in [0.4, 0.5) is 0 Å². The summed E-state index contributed by atoms with van der Waals surface area (Å²) in [6.45, 7) is 8.08. The molecule has 17 heavy (non-hydrogen) atoms. The van der Waals surface area contributed by atoms with E-state index in [9.17, 15) is 4.79 Å². The lowest BCUT2D eigenvalue weighted by molar-refractivity contribution is -0.120. The highest BCUT2D eigenvalue weighted by atomic mass is 32.2. The number of hydrogen-bond donors (Lipinski definition) is 0. The van der Waals surface area contributed by atoms with E-state index in [4.69, 9.17) is 0 Å². The number of aryl methyl sites for hydroxylation is 2. The summed E-state index contributed by atoms with van der Waals surface area (Å²) < 4.78 is 0. The second kappa shape index (κ2) is 4.77. The van der Waals surface area contributed by atoms with Crippen molar-refractivity contribution in [1.29, 1.82) is 0 Å². The fourth-order valence-electron chi connectivity index (χ4n) is 2.06. The minimum Gasteiger partial charge on any atom is -0.299 e. The van der Waals surface area contributed by atoms with E-state index in [2.05, 4.69) is 9.97 Å². The maximum Gasteiger partial charge on any atom is 0.188 e. The van der Waals surface area contributed by atoms with Crippen LogP contribution in [0.5, 0.6) is 0 Å². The minimum atomic E-state index is 0.144. The van der Waals surface area contributed by atoms with E-state index < -0.39 is 0 Å². The van der Waals surface area contributed by atoms with Gasteiger partial charge in [-0.05, 0) is 32.8 Å². The summed E-state index contributed by atoms with van der Waals surface area (Å²) in [5, 5.41) is 1.17. The van der Waals surface area contributed by atoms with Crippen LogP contribution in [0.15, 0.2) is 5.16 Å². The smallest absolute Gasteiger partial charge is 0.188 e. The van der Waals surface area contributed by atoms with Crippen molar-refractivity contribution in [3.63, 3.8) is 0 Å². The molecule has 0 aromatic carbocycles. The third-order valence-corrected chi connectivity index (χ3v) is 4.95. The third kappa shape index (κ3) is 2.51. The van der Waals surface area contributed by atoms with Gasteiger partial charge in [-0.25, -0.2) is 9.97 Å². The molecule has 0 spiro atoms. The van der Waals surface area contributed by atoms with E-state index in [1.165, 1.54) is 0 Å². The maximum atomic E-state index is 11.5. The molecule has 1 aromatic rings. The van der Waals surface area contributed by atoms with Crippen LogP contribution in [0.3, 0.4) is 0 Å². The van der Waals surface area contributed by atoms with Gasteiger partial charge in [0.15, 0.2) is 5.16 Å². The van der Waals surface area contributed by atoms with Crippen LogP contribution in [0.1, 0.15) is 36.7 Å². The number of ketones is 1. The molecule has 0 bridgehead atoms. The van der Waals surface area contributed by atoms with Gasteiger partial charge in [0.25, 0.3) is 0 Å². The molecule has 3 nitrogen and oxygen atoms in total. The predicted molar refractivity (Wildman–Crippen MR) is 69.3 cm³/mol. The Bertz CT molecular complexity index is 436. The molecule has 1 aromatic heterocycles. The van der Waals surface area contributed by atoms with Gasteiger partial charge in [0.05, 0.1) is 0 Å². The van der Waals surface area contributed by atoms with Crippen molar-refractivity contribution in [3.05, 3.63) is 17.0 Å². The largest absolute Gasteiger partial charge is 0.299 e. The van der Waals surface area contributed by atoms with E-state index in [0.717, 1.165) is 28.5 Å². The average Bonchev–Trinajstić information content (AvgIpc) is 2.58. The topological polar surface area (TPSA) is 42.9 Å². The number of aromatic nitrogens is 2. The minimum absolute atomic E-state index is 0.144. The Morgan fingerprint density at radius 3 is 2.24 bits per heavy atom. The van der Waals surface area contributed by atoms with Crippen molar-refractivity contribution in [2.24, 2.45) is 5.92 Å². The van der Waals surface area contributed by atoms with Crippen LogP contribution >= 0.6 is 11.8 Å². The Labute approximate surface area is 106 Å². The number of hydrogen-bond acceptors (Lipinski definition) is 4. The molecule has 0 radical (unpaired) electrons. The molecule has 0 amide bonds. The van der Waals surface area contributed by atoms with Gasteiger partial charge in [-0.2, -0.15) is 0 Å². The molecule has 1 aliphatic rings. The summed E-state index contributed by atoms with van der Waals surface area (Å²) in [6, 6.07) is 0. The zero-order valence-corrected chi connectivity index (χ0v) is 11.6. The third-order valence-electron chi connectivity index (χ3n) is 3.61. The second-order valence-electron chi connectivity index (χ2n) is 4.75. The van der Waals surface area contributed by atoms with Gasteiger partial charge in [-0.1, -0.05) is 18.7 Å². The monoisotopic (exact) mass is 250 g/mol. The van der Waals surface area contributed by atoms with Crippen molar-refractivity contribution in [1.82, 2.24) is 9.97 Å². The van der Waals surface area contributed by atoms with Crippen LogP contribution in [0, 0.1) is 26.7 Å². The van der Waals surface area contributed by atoms with Gasteiger partial charge < -0.3 is 0 Å². The SMILES string of the molecule is Cc1nc(SC2CCC(=O)C2C)nc(C)c1C. The van der Waals surface area contributed by atoms with Crippen molar-refractivity contribution in [2.45, 2.75) is 50.9 Å². The number of thioether (sulfide) groups is 1. The van der Waals surface area contributed by atoms with Crippen LogP contribution in [-0.4, -0.2) is 21.0 Å². The fourth-order valence-corrected chi connectivity index (χ4v) is 3.30. The molecule has 1 heterocycles. The summed E-state index contributed by atoms with van der Waals surface area (Å²) in [6.07, 6.45) is 1.67. The maximum absolute atomic E-state index is 11.5. The average molecular weight is 250 g/mol. The highest BCUT2D eigenvalue weighted by molar-refractivity contribution is 7.99. The van der Waals surface area contributed by atoms with Crippen molar-refractivity contribution >= 4 is 17.5 Å². The molecule has 0 aliphatic heterocycles. The van der Waals surface area contributed by atoms with Gasteiger partial charge in [0, 0.05) is 29.0 Å². The Hall–Kier alpha value is -0.900. The highest BCUT2D eigenvalue weighted by Gasteiger charge is 2.32. The molecule has 1 fully saturated rings. The first kappa shape index (κ1) is 12.6. The van der Waals surface area contributed by atoms with E-state index in [1.54, 1.807) is 11.8 Å². The van der Waals surface area contributed by atoms with Crippen LogP contribution in [0.2, 0.25) is 0 Å². The normalized spacial score (nSPS) is 24.4. The van der Waals surface area contributed by atoms with Gasteiger partial charge in [0.2, 0.25) is 0 Å². The number of Topliss-reactive ketones (excluding diaryl/α,β-unsaturated/α-hetero) is 1. The number of carbonyl (C=O) groups is 1. The van der Waals surface area contributed by atoms with Crippen molar-refractivity contribution in [2.75, 3.05) is 0 Å². The second-order valence-corrected chi connectivity index (χ2v) is 5.96. The number of nitrogens with zero attached hydrogens (tertiary/aromatic N) is 2. The quantitative estimate of drug-likeness (QED) is 0.757. The van der Waals surface area contributed by atoms with E-state index >= 15 is 0 Å². The molecule has 2 atom stereocenters. The lowest BCUT2D eigenvalue weighted by Crippen LogP contribution is -2.13. The predicted octanol–water partition coefficient (Wildman–Crippen LogP) is 2.86. The van der Waals surface area contributed by atoms with Crippen LogP contribution < -0.4 is 0 Å². The Morgan fingerprint density at radius 1 is 1.18 bits per heavy atom. The van der Waals surface area contributed by atoms with E-state index in [0.29, 0.717) is 17.5 Å². The summed E-state index contributed by atoms with van der Waals surface area (Å²) in [5.41, 5.74) is 3.24. The molecule has 4 heteroatoms. The van der Waals surface area contributed by atoms with Crippen LogP contribution in [-0.2, 0) is 4.79 Å². The van der Waals surface area contributed by atoms with Crippen LogP contribution in [0.25, 0.3) is 0 Å². The Balaban J connectivity index is 2.17. The zero-order valence-electron chi connectivity index (χ0n) is 10.8. The molecule has 2 unspecified atom stereocenters. The summed E-state index contributed by atoms with van der Waals surface area (Å²) in [4.78, 5) is 20.5. The van der Waals surface area contributed by atoms with Gasteiger partial charge in [-0.3, -0.25) is 4.79 Å². The highest BCUT2D eigenvalue weighted by Crippen LogP contribution is 2.35. The fraction of sp³-hybridized carbons (Fsp3) is 0.615. The molecule has 1 saturated carbocycles. The molecule has 92 valence electrons. The van der Waals surface area contributed by atoms with Gasteiger partial charge >= 0.3 is 0 Å². The molecule has 0 saturated heterocycles. The summed E-state index contributed by atoms with van der Waals surface area (Å²) in [7, 11) is 0. The zero-order chi connectivity index (χ0) is 12.6. The first-order valence-electron chi connectivity index (χ1n) is 6.00. The van der Waals surface area contributed by atoms with Crippen molar-refractivity contribution < 1.29 is 4.79 Å². The number of rotatable bonds is 2. The first-order chi connectivity index (χ1) is 7.99. The molecular formula is C13H18N2OS. The Kier molecular flexibility index (Phi) is 3.52. The number of carbonyl (C=O) groups excluding carboxylic acids is 1. The van der Waals surface area contributed by atoms with Gasteiger partial charge in [0.1, 0.15) is 5.78 Å². The van der Waals surface area contributed by atoms with E-state index in [1.807, 2.05) is 27.7 Å². The first-order valence-corrected chi connectivity index (χ1v) is 6.88.